The molecule has 0 aliphatic heterocycles. The van der Waals surface area contributed by atoms with Crippen LogP contribution in [0.4, 0.5) is 16.2 Å². The van der Waals surface area contributed by atoms with E-state index in [-0.39, 0.29) is 17.9 Å². The van der Waals surface area contributed by atoms with Crippen LogP contribution in [0.2, 0.25) is 0 Å². The van der Waals surface area contributed by atoms with Crippen LogP contribution in [0.1, 0.15) is 26.7 Å². The maximum absolute atomic E-state index is 11.8. The van der Waals surface area contributed by atoms with Crippen molar-refractivity contribution in [2.24, 2.45) is 5.92 Å². The highest BCUT2D eigenvalue weighted by molar-refractivity contribution is 5.93. The molecule has 5 nitrogen and oxygen atoms in total. The second-order valence-corrected chi connectivity index (χ2v) is 4.46. The molecule has 3 N–H and O–H groups in total. The van der Waals surface area contributed by atoms with Crippen molar-refractivity contribution in [3.63, 3.8) is 0 Å². The Labute approximate surface area is 113 Å². The number of anilines is 2. The van der Waals surface area contributed by atoms with Crippen LogP contribution in [0, 0.1) is 5.92 Å². The van der Waals surface area contributed by atoms with E-state index < -0.39 is 0 Å². The van der Waals surface area contributed by atoms with Crippen LogP contribution in [-0.4, -0.2) is 19.0 Å². The third-order valence-corrected chi connectivity index (χ3v) is 2.81. The third kappa shape index (κ3) is 4.99. The molecule has 0 heterocycles. The molecule has 0 aliphatic rings. The molecule has 0 saturated carbocycles. The maximum atomic E-state index is 11.8. The fraction of sp³-hybridized carbons (Fsp3) is 0.429. The first-order valence-electron chi connectivity index (χ1n) is 6.46. The molecule has 0 fully saturated rings. The molecule has 0 radical (unpaired) electrons. The number of amides is 3. The predicted molar refractivity (Wildman–Crippen MR) is 77.2 cm³/mol. The summed E-state index contributed by atoms with van der Waals surface area (Å²) in [6, 6.07) is 6.75. The van der Waals surface area contributed by atoms with Gasteiger partial charge in [0.15, 0.2) is 0 Å². The van der Waals surface area contributed by atoms with Crippen molar-refractivity contribution in [2.75, 3.05) is 17.7 Å². The number of hydrogen-bond acceptors (Lipinski definition) is 2. The lowest BCUT2D eigenvalue weighted by atomic mass is 10.1. The Kier molecular flexibility index (Phi) is 5.85. The number of nitrogens with one attached hydrogen (secondary N) is 3. The molecule has 1 atom stereocenters. The van der Waals surface area contributed by atoms with Gasteiger partial charge in [0.1, 0.15) is 0 Å². The number of hydrogen-bond donors (Lipinski definition) is 3. The quantitative estimate of drug-likeness (QED) is 0.764. The summed E-state index contributed by atoms with van der Waals surface area (Å²) in [6.45, 7) is 3.98. The van der Waals surface area contributed by atoms with Gasteiger partial charge in [-0.1, -0.05) is 20.3 Å². The van der Waals surface area contributed by atoms with Crippen LogP contribution in [-0.2, 0) is 4.79 Å². The highest BCUT2D eigenvalue weighted by atomic mass is 16.2. The summed E-state index contributed by atoms with van der Waals surface area (Å²) in [6.07, 6.45) is 1.87. The molecule has 3 amide bonds. The van der Waals surface area contributed by atoms with Gasteiger partial charge in [-0.25, -0.2) is 4.79 Å². The van der Waals surface area contributed by atoms with Gasteiger partial charge in [0.05, 0.1) is 0 Å². The summed E-state index contributed by atoms with van der Waals surface area (Å²) < 4.78 is 0. The lowest BCUT2D eigenvalue weighted by molar-refractivity contribution is -0.119. The maximum Gasteiger partial charge on any atom is 0.318 e. The van der Waals surface area contributed by atoms with E-state index in [1.807, 2.05) is 6.92 Å². The Morgan fingerprint density at radius 2 is 1.63 bits per heavy atom. The number of urea groups is 1. The molecule has 1 aromatic carbocycles. The number of benzene rings is 1. The summed E-state index contributed by atoms with van der Waals surface area (Å²) in [4.78, 5) is 22.9. The fourth-order valence-corrected chi connectivity index (χ4v) is 1.66. The standard InChI is InChI=1S/C14H21N3O2/c1-4-5-10(2)13(18)16-11-6-8-12(9-7-11)17-14(19)15-3/h6-10H,4-5H2,1-3H3,(H,16,18)(H2,15,17,19). The summed E-state index contributed by atoms with van der Waals surface area (Å²) in [5.74, 6) is 0.0301. The molecule has 0 saturated heterocycles. The van der Waals surface area contributed by atoms with Gasteiger partial charge in [-0.15, -0.1) is 0 Å². The van der Waals surface area contributed by atoms with E-state index in [0.717, 1.165) is 18.5 Å². The summed E-state index contributed by atoms with van der Waals surface area (Å²) >= 11 is 0. The minimum Gasteiger partial charge on any atom is -0.341 e. The molecule has 0 aromatic heterocycles. The van der Waals surface area contributed by atoms with Crippen molar-refractivity contribution < 1.29 is 9.59 Å². The highest BCUT2D eigenvalue weighted by Crippen LogP contribution is 2.15. The van der Waals surface area contributed by atoms with Gasteiger partial charge in [-0.05, 0) is 30.7 Å². The average Bonchev–Trinajstić information content (AvgIpc) is 2.41. The van der Waals surface area contributed by atoms with Crippen molar-refractivity contribution in [1.82, 2.24) is 5.32 Å². The van der Waals surface area contributed by atoms with Crippen molar-refractivity contribution >= 4 is 23.3 Å². The Balaban J connectivity index is 2.57. The summed E-state index contributed by atoms with van der Waals surface area (Å²) in [5.41, 5.74) is 1.41. The van der Waals surface area contributed by atoms with E-state index in [9.17, 15) is 9.59 Å². The number of rotatable bonds is 5. The lowest BCUT2D eigenvalue weighted by Crippen LogP contribution is -2.24. The second-order valence-electron chi connectivity index (χ2n) is 4.46. The minimum atomic E-state index is -0.270. The lowest BCUT2D eigenvalue weighted by Gasteiger charge is -2.11. The van der Waals surface area contributed by atoms with E-state index in [1.54, 1.807) is 31.3 Å². The van der Waals surface area contributed by atoms with Crippen LogP contribution in [0.15, 0.2) is 24.3 Å². The molecule has 1 rings (SSSR count). The number of carbonyl (C=O) groups is 2. The molecule has 104 valence electrons. The summed E-state index contributed by atoms with van der Waals surface area (Å²) in [7, 11) is 1.55. The average molecular weight is 263 g/mol. The normalized spacial score (nSPS) is 11.5. The summed E-state index contributed by atoms with van der Waals surface area (Å²) in [5, 5.41) is 7.98. The minimum absolute atomic E-state index is 0.00803. The van der Waals surface area contributed by atoms with Crippen molar-refractivity contribution in [1.29, 1.82) is 0 Å². The Morgan fingerprint density at radius 1 is 1.11 bits per heavy atom. The molecule has 5 heteroatoms. The van der Waals surface area contributed by atoms with Crippen molar-refractivity contribution in [2.45, 2.75) is 26.7 Å². The van der Waals surface area contributed by atoms with Crippen LogP contribution in [0.3, 0.4) is 0 Å². The zero-order valence-corrected chi connectivity index (χ0v) is 11.6. The monoisotopic (exact) mass is 263 g/mol. The van der Waals surface area contributed by atoms with Gasteiger partial charge in [0.25, 0.3) is 0 Å². The number of carbonyl (C=O) groups excluding carboxylic acids is 2. The molecule has 0 bridgehead atoms. The fourth-order valence-electron chi connectivity index (χ4n) is 1.66. The van der Waals surface area contributed by atoms with Gasteiger partial charge in [0, 0.05) is 24.3 Å². The van der Waals surface area contributed by atoms with E-state index >= 15 is 0 Å². The van der Waals surface area contributed by atoms with E-state index in [1.165, 1.54) is 0 Å². The Hall–Kier alpha value is -2.04. The predicted octanol–water partition coefficient (Wildman–Crippen LogP) is 2.81. The van der Waals surface area contributed by atoms with Crippen LogP contribution >= 0.6 is 0 Å². The molecule has 19 heavy (non-hydrogen) atoms. The van der Waals surface area contributed by atoms with Gasteiger partial charge in [-0.3, -0.25) is 4.79 Å². The van der Waals surface area contributed by atoms with Crippen LogP contribution in [0.25, 0.3) is 0 Å². The van der Waals surface area contributed by atoms with E-state index in [4.69, 9.17) is 0 Å². The SMILES string of the molecule is CCCC(C)C(=O)Nc1ccc(NC(=O)NC)cc1. The van der Waals surface area contributed by atoms with Crippen LogP contribution < -0.4 is 16.0 Å². The van der Waals surface area contributed by atoms with Gasteiger partial charge < -0.3 is 16.0 Å². The smallest absolute Gasteiger partial charge is 0.318 e. The van der Waals surface area contributed by atoms with Gasteiger partial charge in [-0.2, -0.15) is 0 Å². The first-order valence-corrected chi connectivity index (χ1v) is 6.46. The van der Waals surface area contributed by atoms with Crippen LogP contribution in [0.5, 0.6) is 0 Å². The van der Waals surface area contributed by atoms with E-state index in [0.29, 0.717) is 5.69 Å². The largest absolute Gasteiger partial charge is 0.341 e. The first kappa shape index (κ1) is 15.0. The van der Waals surface area contributed by atoms with Crippen molar-refractivity contribution in [3.05, 3.63) is 24.3 Å². The van der Waals surface area contributed by atoms with Gasteiger partial charge >= 0.3 is 6.03 Å². The molecule has 0 aliphatic carbocycles. The Morgan fingerprint density at radius 3 is 2.11 bits per heavy atom. The molecule has 1 unspecified atom stereocenters. The molecular weight excluding hydrogens is 242 g/mol. The van der Waals surface area contributed by atoms with E-state index in [2.05, 4.69) is 22.9 Å². The third-order valence-electron chi connectivity index (χ3n) is 2.81. The molecular formula is C14H21N3O2. The Bertz CT molecular complexity index is 429. The molecule has 1 aromatic rings. The van der Waals surface area contributed by atoms with Gasteiger partial charge in [0.2, 0.25) is 5.91 Å². The second kappa shape index (κ2) is 7.41. The topological polar surface area (TPSA) is 70.2 Å². The zero-order chi connectivity index (χ0) is 14.3. The molecule has 0 spiro atoms. The van der Waals surface area contributed by atoms with Crippen molar-refractivity contribution in [3.8, 4) is 0 Å². The first-order chi connectivity index (χ1) is 9.06. The zero-order valence-electron chi connectivity index (χ0n) is 11.6. The highest BCUT2D eigenvalue weighted by Gasteiger charge is 2.11.